The highest BCUT2D eigenvalue weighted by Crippen LogP contribution is 2.16. The van der Waals surface area contributed by atoms with Crippen molar-refractivity contribution in [3.8, 4) is 0 Å². The van der Waals surface area contributed by atoms with Crippen molar-refractivity contribution in [3.05, 3.63) is 28.5 Å². The van der Waals surface area contributed by atoms with E-state index in [2.05, 4.69) is 10.3 Å². The molecule has 0 radical (unpaired) electrons. The van der Waals surface area contributed by atoms with Gasteiger partial charge in [0.25, 0.3) is 0 Å². The first kappa shape index (κ1) is 6.13. The van der Waals surface area contributed by atoms with Gasteiger partial charge in [-0.3, -0.25) is 4.98 Å². The Bertz CT molecular complexity index is 260. The first-order chi connectivity index (χ1) is 4.86. The molecule has 2 rings (SSSR count). The summed E-state index contributed by atoms with van der Waals surface area (Å²) in [6.45, 7) is 1.79. The molecule has 2 nitrogen and oxygen atoms in total. The van der Waals surface area contributed by atoms with E-state index >= 15 is 0 Å². The molecule has 0 saturated carbocycles. The van der Waals surface area contributed by atoms with Crippen LogP contribution in [-0.4, -0.2) is 4.98 Å². The maximum Gasteiger partial charge on any atom is 0.0592 e. The second-order valence-corrected chi connectivity index (χ2v) is 2.80. The number of hydrogen-bond acceptors (Lipinski definition) is 2. The summed E-state index contributed by atoms with van der Waals surface area (Å²) < 4.78 is 0. The van der Waals surface area contributed by atoms with Crippen LogP contribution in [0.15, 0.2) is 12.3 Å². The third kappa shape index (κ3) is 0.895. The fourth-order valence-corrected chi connectivity index (χ4v) is 1.32. The molecule has 0 aromatic carbocycles. The first-order valence-electron chi connectivity index (χ1n) is 3.20. The fraction of sp³-hybridized carbons (Fsp3) is 0.286. The molecular formula is C7H7ClN2. The van der Waals surface area contributed by atoms with Crippen molar-refractivity contribution in [3.63, 3.8) is 0 Å². The molecule has 0 unspecified atom stereocenters. The van der Waals surface area contributed by atoms with Crippen LogP contribution in [0.25, 0.3) is 0 Å². The van der Waals surface area contributed by atoms with Gasteiger partial charge in [0.2, 0.25) is 0 Å². The molecule has 0 aliphatic carbocycles. The number of nitrogens with zero attached hydrogens (tertiary/aromatic N) is 1. The highest BCUT2D eigenvalue weighted by atomic mass is 35.5. The standard InChI is InChI=1S/C7H7ClN2/c8-6-1-5-2-9-4-7(5)10-3-6/h1,3,9H,2,4H2. The van der Waals surface area contributed by atoms with E-state index in [9.17, 15) is 0 Å². The zero-order valence-corrected chi connectivity index (χ0v) is 6.15. The maximum absolute atomic E-state index is 5.73. The first-order valence-corrected chi connectivity index (χ1v) is 3.58. The zero-order chi connectivity index (χ0) is 6.97. The predicted molar refractivity (Wildman–Crippen MR) is 39.8 cm³/mol. The van der Waals surface area contributed by atoms with Gasteiger partial charge < -0.3 is 5.32 Å². The number of aromatic nitrogens is 1. The summed E-state index contributed by atoms with van der Waals surface area (Å²) in [6, 6.07) is 1.96. The number of nitrogens with one attached hydrogen (secondary N) is 1. The van der Waals surface area contributed by atoms with Crippen molar-refractivity contribution in [1.82, 2.24) is 10.3 Å². The average Bonchev–Trinajstić information content (AvgIpc) is 2.33. The Balaban J connectivity index is 2.52. The molecule has 1 aliphatic rings. The molecule has 52 valence electrons. The van der Waals surface area contributed by atoms with Gasteiger partial charge in [-0.1, -0.05) is 11.6 Å². The Kier molecular flexibility index (Phi) is 1.36. The van der Waals surface area contributed by atoms with Crippen LogP contribution in [0.2, 0.25) is 5.02 Å². The van der Waals surface area contributed by atoms with E-state index in [0.29, 0.717) is 0 Å². The monoisotopic (exact) mass is 154 g/mol. The van der Waals surface area contributed by atoms with Gasteiger partial charge in [-0.15, -0.1) is 0 Å². The number of rotatable bonds is 0. The molecule has 0 fully saturated rings. The van der Waals surface area contributed by atoms with Crippen molar-refractivity contribution in [2.45, 2.75) is 13.1 Å². The smallest absolute Gasteiger partial charge is 0.0592 e. The number of hydrogen-bond donors (Lipinski definition) is 1. The fourth-order valence-electron chi connectivity index (χ4n) is 1.14. The minimum atomic E-state index is 0.724. The van der Waals surface area contributed by atoms with E-state index in [1.165, 1.54) is 5.56 Å². The Morgan fingerprint density at radius 2 is 2.40 bits per heavy atom. The van der Waals surface area contributed by atoms with Gasteiger partial charge in [-0.2, -0.15) is 0 Å². The van der Waals surface area contributed by atoms with Crippen LogP contribution in [-0.2, 0) is 13.1 Å². The second kappa shape index (κ2) is 2.22. The quantitative estimate of drug-likeness (QED) is 0.610. The van der Waals surface area contributed by atoms with Crippen molar-refractivity contribution >= 4 is 11.6 Å². The summed E-state index contributed by atoms with van der Waals surface area (Å²) in [6.07, 6.45) is 1.69. The lowest BCUT2D eigenvalue weighted by molar-refractivity contribution is 0.757. The maximum atomic E-state index is 5.73. The molecule has 0 saturated heterocycles. The summed E-state index contributed by atoms with van der Waals surface area (Å²) in [5, 5.41) is 3.92. The lowest BCUT2D eigenvalue weighted by Gasteiger charge is -1.94. The number of fused-ring (bicyclic) bond motifs is 1. The third-order valence-corrected chi connectivity index (χ3v) is 1.84. The Labute approximate surface area is 64.2 Å². The van der Waals surface area contributed by atoms with E-state index in [1.807, 2.05) is 6.07 Å². The molecule has 1 aromatic heterocycles. The van der Waals surface area contributed by atoms with E-state index in [4.69, 9.17) is 11.6 Å². The molecule has 1 aromatic rings. The van der Waals surface area contributed by atoms with Gasteiger partial charge in [-0.05, 0) is 11.6 Å². The van der Waals surface area contributed by atoms with Gasteiger partial charge in [0.1, 0.15) is 0 Å². The van der Waals surface area contributed by atoms with Gasteiger partial charge in [0.15, 0.2) is 0 Å². The van der Waals surface area contributed by atoms with Crippen LogP contribution in [0.3, 0.4) is 0 Å². The van der Waals surface area contributed by atoms with Gasteiger partial charge in [0, 0.05) is 19.3 Å². The van der Waals surface area contributed by atoms with E-state index in [1.54, 1.807) is 6.20 Å². The van der Waals surface area contributed by atoms with Crippen LogP contribution in [0, 0.1) is 0 Å². The Hall–Kier alpha value is -0.600. The average molecular weight is 155 g/mol. The molecule has 3 heteroatoms. The molecule has 0 bridgehead atoms. The predicted octanol–water partition coefficient (Wildman–Crippen LogP) is 1.34. The minimum absolute atomic E-state index is 0.724. The molecule has 2 heterocycles. The normalized spacial score (nSPS) is 15.3. The molecule has 1 aliphatic heterocycles. The molecule has 0 amide bonds. The van der Waals surface area contributed by atoms with Crippen LogP contribution in [0.4, 0.5) is 0 Å². The lowest BCUT2D eigenvalue weighted by Crippen LogP contribution is -2.00. The van der Waals surface area contributed by atoms with Crippen LogP contribution in [0.5, 0.6) is 0 Å². The highest BCUT2D eigenvalue weighted by molar-refractivity contribution is 6.30. The molecule has 1 N–H and O–H groups in total. The largest absolute Gasteiger partial charge is 0.307 e. The Morgan fingerprint density at radius 1 is 1.50 bits per heavy atom. The number of pyridine rings is 1. The summed E-state index contributed by atoms with van der Waals surface area (Å²) in [4.78, 5) is 4.16. The zero-order valence-electron chi connectivity index (χ0n) is 5.39. The minimum Gasteiger partial charge on any atom is -0.307 e. The van der Waals surface area contributed by atoms with E-state index in [0.717, 1.165) is 23.8 Å². The molecule has 0 spiro atoms. The SMILES string of the molecule is Clc1cnc2c(c1)CNC2. The van der Waals surface area contributed by atoms with Gasteiger partial charge in [-0.25, -0.2) is 0 Å². The van der Waals surface area contributed by atoms with E-state index in [-0.39, 0.29) is 0 Å². The molecule has 0 atom stereocenters. The third-order valence-electron chi connectivity index (χ3n) is 1.63. The Morgan fingerprint density at radius 3 is 3.30 bits per heavy atom. The van der Waals surface area contributed by atoms with Crippen molar-refractivity contribution in [2.75, 3.05) is 0 Å². The van der Waals surface area contributed by atoms with Crippen molar-refractivity contribution < 1.29 is 0 Å². The van der Waals surface area contributed by atoms with Gasteiger partial charge in [0.05, 0.1) is 10.7 Å². The summed E-state index contributed by atoms with van der Waals surface area (Å²) in [7, 11) is 0. The summed E-state index contributed by atoms with van der Waals surface area (Å²) in [5.74, 6) is 0. The summed E-state index contributed by atoms with van der Waals surface area (Å²) in [5.41, 5.74) is 2.36. The topological polar surface area (TPSA) is 24.9 Å². The van der Waals surface area contributed by atoms with Crippen molar-refractivity contribution in [2.24, 2.45) is 0 Å². The molecule has 10 heavy (non-hydrogen) atoms. The highest BCUT2D eigenvalue weighted by Gasteiger charge is 2.10. The second-order valence-electron chi connectivity index (χ2n) is 2.36. The van der Waals surface area contributed by atoms with Crippen LogP contribution < -0.4 is 5.32 Å². The lowest BCUT2D eigenvalue weighted by atomic mass is 10.2. The van der Waals surface area contributed by atoms with E-state index < -0.39 is 0 Å². The number of halogens is 1. The van der Waals surface area contributed by atoms with Crippen LogP contribution in [0.1, 0.15) is 11.3 Å². The van der Waals surface area contributed by atoms with Crippen molar-refractivity contribution in [1.29, 1.82) is 0 Å². The molecular weight excluding hydrogens is 148 g/mol. The summed E-state index contributed by atoms with van der Waals surface area (Å²) >= 11 is 5.73. The van der Waals surface area contributed by atoms with Gasteiger partial charge >= 0.3 is 0 Å². The van der Waals surface area contributed by atoms with Crippen LogP contribution >= 0.6 is 11.6 Å².